The SMILES string of the molecule is CC1=CC(/C=C/c2ccc(N(c3ccccc3)c3ccccc3)cc2)=NC/1=C(/c1ccc(/C=C(\C#N)C(=O)O)cc1)c1[nH]c(/C=C/c2ccc(N(c3ccccc3)c3ccccc3)cc2)cc1C. The van der Waals surface area contributed by atoms with E-state index in [-0.39, 0.29) is 5.57 Å². The molecule has 328 valence electrons. The number of carboxylic acids is 1. The summed E-state index contributed by atoms with van der Waals surface area (Å²) >= 11 is 0. The Kier molecular flexibility index (Phi) is 13.1. The van der Waals surface area contributed by atoms with E-state index in [1.54, 1.807) is 6.07 Å². The number of para-hydroxylation sites is 4. The normalized spacial score (nSPS) is 13.3. The molecule has 8 aromatic rings. The summed E-state index contributed by atoms with van der Waals surface area (Å²) < 4.78 is 0. The minimum atomic E-state index is -1.27. The van der Waals surface area contributed by atoms with Crippen LogP contribution in [0, 0.1) is 18.3 Å². The summed E-state index contributed by atoms with van der Waals surface area (Å²) in [4.78, 5) is 25.0. The average Bonchev–Trinajstić information content (AvgIpc) is 3.94. The van der Waals surface area contributed by atoms with Crippen LogP contribution in [-0.4, -0.2) is 21.8 Å². The summed E-state index contributed by atoms with van der Waals surface area (Å²) in [5.41, 5.74) is 16.1. The molecule has 7 aromatic carbocycles. The number of allylic oxidation sites excluding steroid dienone is 3. The number of nitriles is 1. The molecule has 7 heteroatoms. The maximum absolute atomic E-state index is 11.6. The molecule has 1 aromatic heterocycles. The summed E-state index contributed by atoms with van der Waals surface area (Å²) in [6.45, 7) is 4.15. The summed E-state index contributed by atoms with van der Waals surface area (Å²) in [6.07, 6.45) is 11.8. The number of nitrogens with zero attached hydrogens (tertiary/aromatic N) is 4. The van der Waals surface area contributed by atoms with Gasteiger partial charge in [-0.2, -0.15) is 5.26 Å². The molecule has 2 N–H and O–H groups in total. The Morgan fingerprint density at radius 1 is 0.559 bits per heavy atom. The van der Waals surface area contributed by atoms with Gasteiger partial charge < -0.3 is 19.9 Å². The lowest BCUT2D eigenvalue weighted by atomic mass is 9.95. The molecule has 0 aliphatic carbocycles. The number of benzene rings is 7. The number of hydrogen-bond acceptors (Lipinski definition) is 5. The summed E-state index contributed by atoms with van der Waals surface area (Å²) in [5.74, 6) is -1.27. The number of nitrogens with one attached hydrogen (secondary N) is 1. The molecule has 0 atom stereocenters. The van der Waals surface area contributed by atoms with Crippen molar-refractivity contribution in [3.05, 3.63) is 268 Å². The van der Waals surface area contributed by atoms with Gasteiger partial charge in [-0.1, -0.05) is 133 Å². The predicted octanol–water partition coefficient (Wildman–Crippen LogP) is 15.3. The van der Waals surface area contributed by atoms with E-state index in [0.717, 1.165) is 90.3 Å². The van der Waals surface area contributed by atoms with Crippen LogP contribution in [0.5, 0.6) is 0 Å². The predicted molar refractivity (Wildman–Crippen MR) is 281 cm³/mol. The van der Waals surface area contributed by atoms with E-state index < -0.39 is 5.97 Å². The summed E-state index contributed by atoms with van der Waals surface area (Å²) in [6, 6.07) is 69.9. The molecule has 0 unspecified atom stereocenters. The van der Waals surface area contributed by atoms with Crippen molar-refractivity contribution in [2.75, 3.05) is 9.80 Å². The third-order valence-electron chi connectivity index (χ3n) is 11.6. The molecule has 0 fully saturated rings. The minimum Gasteiger partial charge on any atom is -0.477 e. The van der Waals surface area contributed by atoms with Crippen LogP contribution >= 0.6 is 0 Å². The van der Waals surface area contributed by atoms with Crippen LogP contribution in [0.3, 0.4) is 0 Å². The fourth-order valence-electron chi connectivity index (χ4n) is 8.31. The zero-order valence-corrected chi connectivity index (χ0v) is 37.7. The first-order chi connectivity index (χ1) is 33.3. The molecule has 0 saturated carbocycles. The van der Waals surface area contributed by atoms with Crippen molar-refractivity contribution in [3.8, 4) is 6.07 Å². The molecule has 0 radical (unpaired) electrons. The van der Waals surface area contributed by atoms with Crippen molar-refractivity contribution < 1.29 is 9.90 Å². The standard InChI is InChI=1S/C61H47N5O2/c1-43-39-50(33-25-45-27-35-56(36-28-45)65(52-15-7-3-8-16-52)53-17-9-4-10-18-53)63-59(43)58(48-31-23-47(24-32-48)41-49(42-62)61(67)68)60-44(2)40-51(64-60)34-26-46-29-37-57(38-30-46)66(54-19-11-5-12-20-54)55-21-13-6-14-22-55/h3-41,63H,1-2H3,(H,67,68)/b33-25+,34-26+,49-41+,60-58-. The van der Waals surface area contributed by atoms with E-state index in [2.05, 4.69) is 205 Å². The highest BCUT2D eigenvalue weighted by Gasteiger charge is 2.21. The smallest absolute Gasteiger partial charge is 0.346 e. The van der Waals surface area contributed by atoms with E-state index in [9.17, 15) is 15.2 Å². The highest BCUT2D eigenvalue weighted by Crippen LogP contribution is 2.38. The molecule has 0 saturated heterocycles. The Morgan fingerprint density at radius 3 is 1.43 bits per heavy atom. The van der Waals surface area contributed by atoms with Crippen molar-refractivity contribution in [2.45, 2.75) is 13.8 Å². The van der Waals surface area contributed by atoms with Crippen molar-refractivity contribution in [1.29, 1.82) is 5.26 Å². The van der Waals surface area contributed by atoms with Crippen LogP contribution in [0.4, 0.5) is 34.1 Å². The van der Waals surface area contributed by atoms with Crippen molar-refractivity contribution in [2.24, 2.45) is 4.99 Å². The Labute approximate surface area is 397 Å². The maximum atomic E-state index is 11.6. The summed E-state index contributed by atoms with van der Waals surface area (Å²) in [5, 5.41) is 18.9. The van der Waals surface area contributed by atoms with Gasteiger partial charge in [0, 0.05) is 45.4 Å². The van der Waals surface area contributed by atoms with Gasteiger partial charge in [0.25, 0.3) is 0 Å². The number of anilines is 6. The number of aliphatic imine (C=N–C) groups is 1. The number of rotatable bonds is 14. The van der Waals surface area contributed by atoms with Crippen LogP contribution in [0.1, 0.15) is 46.1 Å². The largest absolute Gasteiger partial charge is 0.477 e. The van der Waals surface area contributed by atoms with Gasteiger partial charge in [-0.25, -0.2) is 9.79 Å². The first-order valence-corrected chi connectivity index (χ1v) is 22.4. The first-order valence-electron chi connectivity index (χ1n) is 22.4. The van der Waals surface area contributed by atoms with E-state index in [4.69, 9.17) is 4.99 Å². The van der Waals surface area contributed by atoms with Crippen LogP contribution < -0.4 is 9.80 Å². The van der Waals surface area contributed by atoms with Gasteiger partial charge in [-0.15, -0.1) is 0 Å². The second-order valence-electron chi connectivity index (χ2n) is 16.3. The Morgan fingerprint density at radius 2 is 0.985 bits per heavy atom. The molecular formula is C61H47N5O2. The topological polar surface area (TPSA) is 95.7 Å². The first kappa shape index (κ1) is 44.0. The molecule has 7 nitrogen and oxygen atoms in total. The Hall–Kier alpha value is -9.25. The summed E-state index contributed by atoms with van der Waals surface area (Å²) in [7, 11) is 0. The molecular weight excluding hydrogens is 835 g/mol. The van der Waals surface area contributed by atoms with Gasteiger partial charge >= 0.3 is 5.97 Å². The maximum Gasteiger partial charge on any atom is 0.346 e. The second kappa shape index (κ2) is 20.3. The molecule has 1 aliphatic rings. The van der Waals surface area contributed by atoms with E-state index in [1.165, 1.54) is 6.08 Å². The molecule has 9 rings (SSSR count). The van der Waals surface area contributed by atoms with E-state index in [1.807, 2.05) is 54.6 Å². The number of carbonyl (C=O) groups is 1. The van der Waals surface area contributed by atoms with Crippen molar-refractivity contribution >= 4 is 75.7 Å². The Balaban J connectivity index is 1.02. The Bertz CT molecular complexity index is 3200. The number of aliphatic carboxylic acids is 1. The average molecular weight is 882 g/mol. The van der Waals surface area contributed by atoms with Gasteiger partial charge in [0.1, 0.15) is 11.6 Å². The van der Waals surface area contributed by atoms with Gasteiger partial charge in [0.2, 0.25) is 0 Å². The number of H-pyrrole nitrogens is 1. The number of carboxylic acid groups (broad SMARTS) is 1. The van der Waals surface area contributed by atoms with Crippen molar-refractivity contribution in [1.82, 2.24) is 4.98 Å². The number of aryl methyl sites for hydroxylation is 1. The molecule has 2 heterocycles. The molecule has 0 spiro atoms. The van der Waals surface area contributed by atoms with Crippen LogP contribution in [-0.2, 0) is 4.79 Å². The zero-order chi connectivity index (χ0) is 46.8. The van der Waals surface area contributed by atoms with Gasteiger partial charge in [0.05, 0.1) is 17.1 Å². The molecule has 0 amide bonds. The number of aromatic amines is 1. The fraction of sp³-hybridized carbons (Fsp3) is 0.0328. The fourth-order valence-corrected chi connectivity index (χ4v) is 8.31. The van der Waals surface area contributed by atoms with Crippen LogP contribution in [0.15, 0.2) is 234 Å². The minimum absolute atomic E-state index is 0.331. The van der Waals surface area contributed by atoms with Gasteiger partial charge in [0.15, 0.2) is 0 Å². The second-order valence-corrected chi connectivity index (χ2v) is 16.3. The third kappa shape index (κ3) is 10.0. The lowest BCUT2D eigenvalue weighted by Crippen LogP contribution is -2.09. The van der Waals surface area contributed by atoms with E-state index in [0.29, 0.717) is 5.56 Å². The van der Waals surface area contributed by atoms with Crippen LogP contribution in [0.25, 0.3) is 29.9 Å². The highest BCUT2D eigenvalue weighted by molar-refractivity contribution is 6.11. The molecule has 1 aliphatic heterocycles. The van der Waals surface area contributed by atoms with Crippen LogP contribution in [0.2, 0.25) is 0 Å². The van der Waals surface area contributed by atoms with Gasteiger partial charge in [-0.05, 0) is 150 Å². The number of hydrogen-bond donors (Lipinski definition) is 2. The third-order valence-corrected chi connectivity index (χ3v) is 11.6. The number of aromatic nitrogens is 1. The lowest BCUT2D eigenvalue weighted by Gasteiger charge is -2.25. The molecule has 68 heavy (non-hydrogen) atoms. The quantitative estimate of drug-likeness (QED) is 0.0838. The monoisotopic (exact) mass is 881 g/mol. The van der Waals surface area contributed by atoms with E-state index >= 15 is 0 Å². The van der Waals surface area contributed by atoms with Crippen molar-refractivity contribution in [3.63, 3.8) is 0 Å². The zero-order valence-electron chi connectivity index (χ0n) is 37.7. The molecule has 0 bridgehead atoms. The van der Waals surface area contributed by atoms with Gasteiger partial charge in [-0.3, -0.25) is 0 Å². The highest BCUT2D eigenvalue weighted by atomic mass is 16.4. The lowest BCUT2D eigenvalue weighted by molar-refractivity contribution is -0.132.